The molecule has 5 nitrogen and oxygen atoms in total. The first-order chi connectivity index (χ1) is 6.59. The van der Waals surface area contributed by atoms with Gasteiger partial charge in [-0.1, -0.05) is 0 Å². The first kappa shape index (κ1) is 9.97. The molecular formula is C7H7ClO5S. The minimum atomic E-state index is -3.81. The van der Waals surface area contributed by atoms with E-state index in [1.54, 1.807) is 0 Å². The molecule has 0 aliphatic carbocycles. The van der Waals surface area contributed by atoms with Gasteiger partial charge in [0.2, 0.25) is 6.29 Å². The predicted octanol–water partition coefficient (Wildman–Crippen LogP) is 1.25. The van der Waals surface area contributed by atoms with Crippen LogP contribution in [0.15, 0.2) is 21.6 Å². The van der Waals surface area contributed by atoms with Crippen LogP contribution in [0.5, 0.6) is 0 Å². The van der Waals surface area contributed by atoms with Crippen LogP contribution in [0.25, 0.3) is 0 Å². The van der Waals surface area contributed by atoms with Gasteiger partial charge in [-0.25, -0.2) is 8.42 Å². The molecule has 78 valence electrons. The molecule has 0 unspecified atom stereocenters. The zero-order valence-corrected chi connectivity index (χ0v) is 8.55. The molecule has 1 aromatic heterocycles. The van der Waals surface area contributed by atoms with Gasteiger partial charge in [0.05, 0.1) is 19.5 Å². The zero-order valence-electron chi connectivity index (χ0n) is 6.97. The van der Waals surface area contributed by atoms with Crippen LogP contribution in [-0.4, -0.2) is 21.6 Å². The summed E-state index contributed by atoms with van der Waals surface area (Å²) in [5.41, 5.74) is 0. The van der Waals surface area contributed by atoms with Gasteiger partial charge in [0.25, 0.3) is 9.05 Å². The Labute approximate surface area is 85.0 Å². The maximum atomic E-state index is 11.1. The highest BCUT2D eigenvalue weighted by Crippen LogP contribution is 2.31. The van der Waals surface area contributed by atoms with Crippen molar-refractivity contribution in [3.63, 3.8) is 0 Å². The van der Waals surface area contributed by atoms with E-state index in [2.05, 4.69) is 0 Å². The summed E-state index contributed by atoms with van der Waals surface area (Å²) in [6.07, 6.45) is 0.462. The Morgan fingerprint density at radius 3 is 2.57 bits per heavy atom. The molecule has 2 heterocycles. The van der Waals surface area contributed by atoms with E-state index in [0.717, 1.165) is 0 Å². The lowest BCUT2D eigenvalue weighted by Gasteiger charge is -2.06. The minimum Gasteiger partial charge on any atom is -0.462 e. The second-order valence-corrected chi connectivity index (χ2v) is 5.19. The third-order valence-corrected chi connectivity index (χ3v) is 3.12. The van der Waals surface area contributed by atoms with E-state index in [4.69, 9.17) is 24.6 Å². The monoisotopic (exact) mass is 238 g/mol. The summed E-state index contributed by atoms with van der Waals surface area (Å²) in [5.74, 6) is 0.0949. The summed E-state index contributed by atoms with van der Waals surface area (Å²) >= 11 is 0. The van der Waals surface area contributed by atoms with Gasteiger partial charge in [0.15, 0.2) is 5.76 Å². The fraction of sp³-hybridized carbons (Fsp3) is 0.429. The third kappa shape index (κ3) is 1.78. The molecule has 0 aromatic carbocycles. The Balaban J connectivity index is 2.39. The highest BCUT2D eigenvalue weighted by atomic mass is 35.7. The summed E-state index contributed by atoms with van der Waals surface area (Å²) in [6, 6.07) is 1.27. The Morgan fingerprint density at radius 1 is 1.36 bits per heavy atom. The fourth-order valence-electron chi connectivity index (χ4n) is 1.19. The third-order valence-electron chi connectivity index (χ3n) is 1.76. The number of hydrogen-bond acceptors (Lipinski definition) is 5. The molecule has 1 aromatic rings. The van der Waals surface area contributed by atoms with Crippen LogP contribution < -0.4 is 0 Å². The average Bonchev–Trinajstić information content (AvgIpc) is 2.73. The first-order valence-electron chi connectivity index (χ1n) is 3.84. The van der Waals surface area contributed by atoms with Crippen molar-refractivity contribution in [2.24, 2.45) is 0 Å². The molecule has 0 amide bonds. The van der Waals surface area contributed by atoms with Crippen LogP contribution in [0.4, 0.5) is 0 Å². The molecule has 14 heavy (non-hydrogen) atoms. The van der Waals surface area contributed by atoms with Gasteiger partial charge in [0.1, 0.15) is 4.90 Å². The van der Waals surface area contributed by atoms with Crippen LogP contribution in [0, 0.1) is 0 Å². The second kappa shape index (κ2) is 3.54. The number of halogens is 1. The fourth-order valence-corrected chi connectivity index (χ4v) is 2.18. The summed E-state index contributed by atoms with van der Waals surface area (Å²) in [6.45, 7) is 0.820. The second-order valence-electron chi connectivity index (χ2n) is 2.66. The topological polar surface area (TPSA) is 65.7 Å². The lowest BCUT2D eigenvalue weighted by atomic mass is 10.4. The number of furan rings is 1. The Bertz CT molecular complexity index is 417. The lowest BCUT2D eigenvalue weighted by Crippen LogP contribution is -2.01. The van der Waals surface area contributed by atoms with E-state index in [1.165, 1.54) is 12.3 Å². The van der Waals surface area contributed by atoms with Crippen molar-refractivity contribution in [3.8, 4) is 0 Å². The van der Waals surface area contributed by atoms with Gasteiger partial charge in [-0.3, -0.25) is 0 Å². The molecule has 1 aliphatic rings. The average molecular weight is 239 g/mol. The summed E-state index contributed by atoms with van der Waals surface area (Å²) in [4.78, 5) is -0.105. The normalized spacial score (nSPS) is 18.9. The zero-order chi connectivity index (χ0) is 10.2. The van der Waals surface area contributed by atoms with Crippen LogP contribution in [0.3, 0.4) is 0 Å². The van der Waals surface area contributed by atoms with Crippen LogP contribution in [0.1, 0.15) is 12.1 Å². The number of rotatable bonds is 2. The Kier molecular flexibility index (Phi) is 2.52. The maximum absolute atomic E-state index is 11.1. The smallest absolute Gasteiger partial charge is 0.264 e. The van der Waals surface area contributed by atoms with Gasteiger partial charge in [-0.2, -0.15) is 0 Å². The van der Waals surface area contributed by atoms with Crippen LogP contribution in [-0.2, 0) is 18.5 Å². The molecule has 0 spiro atoms. The molecule has 7 heteroatoms. The van der Waals surface area contributed by atoms with E-state index < -0.39 is 15.3 Å². The van der Waals surface area contributed by atoms with E-state index in [9.17, 15) is 8.42 Å². The molecule has 1 fully saturated rings. The van der Waals surface area contributed by atoms with Gasteiger partial charge in [-0.15, -0.1) is 0 Å². The van der Waals surface area contributed by atoms with E-state index in [1.807, 2.05) is 0 Å². The molecule has 0 saturated carbocycles. The largest absolute Gasteiger partial charge is 0.462 e. The van der Waals surface area contributed by atoms with Crippen molar-refractivity contribution in [1.82, 2.24) is 0 Å². The molecule has 0 bridgehead atoms. The standard InChI is InChI=1S/C7H7ClO5S/c8-14(9,10)5-1-2-11-6(5)7-12-3-4-13-7/h1-2,7H,3-4H2. The predicted molar refractivity (Wildman–Crippen MR) is 46.4 cm³/mol. The maximum Gasteiger partial charge on any atom is 0.264 e. The SMILES string of the molecule is O=S(=O)(Cl)c1ccoc1C1OCCO1. The van der Waals surface area contributed by atoms with E-state index in [-0.39, 0.29) is 10.7 Å². The van der Waals surface area contributed by atoms with Gasteiger partial charge in [0, 0.05) is 10.7 Å². The molecule has 0 radical (unpaired) electrons. The van der Waals surface area contributed by atoms with Crippen molar-refractivity contribution in [2.75, 3.05) is 13.2 Å². The number of hydrogen-bond donors (Lipinski definition) is 0. The first-order valence-corrected chi connectivity index (χ1v) is 6.15. The Hall–Kier alpha value is -0.560. The summed E-state index contributed by atoms with van der Waals surface area (Å²) in [7, 11) is 1.38. The van der Waals surface area contributed by atoms with Crippen molar-refractivity contribution >= 4 is 19.7 Å². The van der Waals surface area contributed by atoms with Crippen molar-refractivity contribution in [1.29, 1.82) is 0 Å². The van der Waals surface area contributed by atoms with Gasteiger partial charge < -0.3 is 13.9 Å². The quantitative estimate of drug-likeness (QED) is 0.726. The van der Waals surface area contributed by atoms with Crippen LogP contribution >= 0.6 is 10.7 Å². The molecule has 0 atom stereocenters. The molecule has 1 aliphatic heterocycles. The molecule has 0 N–H and O–H groups in total. The summed E-state index contributed by atoms with van der Waals surface area (Å²) in [5, 5.41) is 0. The highest BCUT2D eigenvalue weighted by molar-refractivity contribution is 8.13. The van der Waals surface area contributed by atoms with Gasteiger partial charge in [-0.05, 0) is 6.07 Å². The van der Waals surface area contributed by atoms with Crippen LogP contribution in [0.2, 0.25) is 0 Å². The van der Waals surface area contributed by atoms with Crippen molar-refractivity contribution in [2.45, 2.75) is 11.2 Å². The molecular weight excluding hydrogens is 232 g/mol. The van der Waals surface area contributed by atoms with Crippen molar-refractivity contribution in [3.05, 3.63) is 18.1 Å². The molecule has 2 rings (SSSR count). The van der Waals surface area contributed by atoms with Gasteiger partial charge >= 0.3 is 0 Å². The van der Waals surface area contributed by atoms with Crippen molar-refractivity contribution < 1.29 is 22.3 Å². The summed E-state index contributed by atoms with van der Waals surface area (Å²) < 4.78 is 37.3. The Morgan fingerprint density at radius 2 is 2.00 bits per heavy atom. The number of ether oxygens (including phenoxy) is 2. The lowest BCUT2D eigenvalue weighted by molar-refractivity contribution is -0.0612. The van der Waals surface area contributed by atoms with E-state index in [0.29, 0.717) is 13.2 Å². The highest BCUT2D eigenvalue weighted by Gasteiger charge is 2.29. The molecule has 1 saturated heterocycles. The van der Waals surface area contributed by atoms with E-state index >= 15 is 0 Å². The minimum absolute atomic E-state index is 0.0949.